The first-order valence-electron chi connectivity index (χ1n) is 12.4. The van der Waals surface area contributed by atoms with Gasteiger partial charge in [-0.15, -0.1) is 0 Å². The molecule has 0 aromatic rings. The number of fused-ring (bicyclic) bond motifs is 5. The van der Waals surface area contributed by atoms with E-state index in [4.69, 9.17) is 0 Å². The Hall–Kier alpha value is -0.850. The molecule has 0 bridgehead atoms. The number of hydrogen-bond donors (Lipinski definition) is 0. The van der Waals surface area contributed by atoms with E-state index in [0.717, 1.165) is 42.4 Å². The van der Waals surface area contributed by atoms with Crippen LogP contribution in [0.5, 0.6) is 0 Å². The van der Waals surface area contributed by atoms with E-state index < -0.39 is 0 Å². The van der Waals surface area contributed by atoms with E-state index in [1.165, 1.54) is 56.9 Å². The molecule has 0 aromatic carbocycles. The second kappa shape index (κ2) is 9.31. The van der Waals surface area contributed by atoms with Crippen LogP contribution in [0.3, 0.4) is 0 Å². The zero-order valence-electron chi connectivity index (χ0n) is 19.2. The van der Waals surface area contributed by atoms with Crippen LogP contribution in [0.1, 0.15) is 98.8 Å². The Morgan fingerprint density at radius 1 is 1.14 bits per heavy atom. The molecule has 1 nitrogen and oxygen atoms in total. The van der Waals surface area contributed by atoms with Gasteiger partial charge in [0.15, 0.2) is 5.78 Å². The summed E-state index contributed by atoms with van der Waals surface area (Å²) in [7, 11) is 0. The topological polar surface area (TPSA) is 17.1 Å². The summed E-state index contributed by atoms with van der Waals surface area (Å²) < 4.78 is 0. The van der Waals surface area contributed by atoms with Crippen molar-refractivity contribution in [2.45, 2.75) is 98.8 Å². The van der Waals surface area contributed by atoms with Crippen molar-refractivity contribution in [1.29, 1.82) is 0 Å². The predicted octanol–water partition coefficient (Wildman–Crippen LogP) is 7.76. The molecule has 0 N–H and O–H groups in total. The first-order valence-corrected chi connectivity index (χ1v) is 12.4. The van der Waals surface area contributed by atoms with Gasteiger partial charge in [0.1, 0.15) is 0 Å². The zero-order chi connectivity index (χ0) is 20.3. The summed E-state index contributed by atoms with van der Waals surface area (Å²) in [6.07, 6.45) is 20.0. The van der Waals surface area contributed by atoms with Gasteiger partial charge in [0.2, 0.25) is 0 Å². The average molecular weight is 385 g/mol. The monoisotopic (exact) mass is 384 g/mol. The zero-order valence-corrected chi connectivity index (χ0v) is 19.2. The van der Waals surface area contributed by atoms with Crippen molar-refractivity contribution in [2.75, 3.05) is 0 Å². The summed E-state index contributed by atoms with van der Waals surface area (Å²) in [5.74, 6) is 5.36. The van der Waals surface area contributed by atoms with Crippen molar-refractivity contribution >= 4 is 5.78 Å². The van der Waals surface area contributed by atoms with Crippen LogP contribution in [0.2, 0.25) is 0 Å². The Morgan fingerprint density at radius 2 is 1.89 bits per heavy atom. The van der Waals surface area contributed by atoms with Crippen molar-refractivity contribution in [1.82, 2.24) is 0 Å². The molecule has 0 heterocycles. The van der Waals surface area contributed by atoms with Gasteiger partial charge in [-0.05, 0) is 91.1 Å². The number of ketones is 1. The highest BCUT2D eigenvalue weighted by molar-refractivity contribution is 5.91. The number of hydrogen-bond acceptors (Lipinski definition) is 1. The Labute approximate surface area is 174 Å². The number of allylic oxidation sites excluding steroid dienone is 4. The van der Waals surface area contributed by atoms with Crippen molar-refractivity contribution in [2.24, 2.45) is 40.9 Å². The first-order chi connectivity index (χ1) is 13.4. The number of carbonyl (C=O) groups excluding carboxylic acids is 1. The summed E-state index contributed by atoms with van der Waals surface area (Å²) in [4.78, 5) is 11.8. The van der Waals surface area contributed by atoms with Crippen LogP contribution in [-0.4, -0.2) is 5.78 Å². The highest BCUT2D eigenvalue weighted by Gasteiger charge is 2.55. The number of carbonyl (C=O) groups is 1. The fraction of sp³-hybridized carbons (Fsp3) is 0.815. The highest BCUT2D eigenvalue weighted by atomic mass is 16.1. The smallest absolute Gasteiger partial charge is 0.155 e. The number of unbranched alkanes of at least 4 members (excludes halogenated alkanes) is 1. The fourth-order valence-electron chi connectivity index (χ4n) is 6.80. The summed E-state index contributed by atoms with van der Waals surface area (Å²) in [5, 5.41) is 0. The summed E-state index contributed by atoms with van der Waals surface area (Å²) in [5.41, 5.74) is 1.99. The van der Waals surface area contributed by atoms with Gasteiger partial charge in [-0.25, -0.2) is 0 Å². The summed E-state index contributed by atoms with van der Waals surface area (Å²) in [6.45, 7) is 11.5. The molecule has 158 valence electrons. The third kappa shape index (κ3) is 4.19. The van der Waals surface area contributed by atoms with Gasteiger partial charge < -0.3 is 0 Å². The van der Waals surface area contributed by atoms with Gasteiger partial charge in [-0.1, -0.05) is 66.0 Å². The van der Waals surface area contributed by atoms with E-state index in [1.807, 2.05) is 6.08 Å². The lowest BCUT2D eigenvalue weighted by Gasteiger charge is -2.53. The van der Waals surface area contributed by atoms with E-state index in [-0.39, 0.29) is 0 Å². The highest BCUT2D eigenvalue weighted by Crippen LogP contribution is 2.64. The lowest BCUT2D eigenvalue weighted by molar-refractivity contribution is -0.115. The molecule has 0 saturated heterocycles. The third-order valence-corrected chi connectivity index (χ3v) is 8.83. The summed E-state index contributed by atoms with van der Waals surface area (Å²) in [6, 6.07) is 0. The SMILES string of the molecule is CCC(C)C.CCCCC12CCC3C4CCC(=O)C=C4C=CC3C1CCC2C. The second-order valence-electron chi connectivity index (χ2n) is 10.6. The van der Waals surface area contributed by atoms with Crippen LogP contribution in [0.15, 0.2) is 23.8 Å². The Morgan fingerprint density at radius 3 is 2.57 bits per heavy atom. The van der Waals surface area contributed by atoms with Gasteiger partial charge in [-0.2, -0.15) is 0 Å². The normalized spacial score (nSPS) is 38.9. The van der Waals surface area contributed by atoms with Crippen LogP contribution < -0.4 is 0 Å². The average Bonchev–Trinajstić information content (AvgIpc) is 3.03. The molecule has 4 rings (SSSR count). The molecule has 6 unspecified atom stereocenters. The molecule has 2 saturated carbocycles. The van der Waals surface area contributed by atoms with Crippen molar-refractivity contribution in [3.8, 4) is 0 Å². The van der Waals surface area contributed by atoms with Crippen molar-refractivity contribution in [3.05, 3.63) is 23.8 Å². The third-order valence-electron chi connectivity index (χ3n) is 8.83. The molecule has 28 heavy (non-hydrogen) atoms. The lowest BCUT2D eigenvalue weighted by Crippen LogP contribution is -2.46. The molecular weight excluding hydrogens is 340 g/mol. The Kier molecular flexibility index (Phi) is 7.26. The van der Waals surface area contributed by atoms with E-state index in [9.17, 15) is 4.79 Å². The van der Waals surface area contributed by atoms with E-state index in [2.05, 4.69) is 46.8 Å². The molecule has 0 aromatic heterocycles. The minimum absolute atomic E-state index is 0.349. The predicted molar refractivity (Wildman–Crippen MR) is 120 cm³/mol. The van der Waals surface area contributed by atoms with Gasteiger partial charge in [0, 0.05) is 6.42 Å². The fourth-order valence-corrected chi connectivity index (χ4v) is 6.80. The lowest BCUT2D eigenvalue weighted by atomic mass is 9.51. The van der Waals surface area contributed by atoms with Gasteiger partial charge in [-0.3, -0.25) is 4.79 Å². The van der Waals surface area contributed by atoms with Crippen LogP contribution in [0, 0.1) is 40.9 Å². The molecule has 0 aliphatic heterocycles. The molecule has 0 spiro atoms. The van der Waals surface area contributed by atoms with E-state index in [1.54, 1.807) is 0 Å². The largest absolute Gasteiger partial charge is 0.295 e. The van der Waals surface area contributed by atoms with Crippen molar-refractivity contribution in [3.63, 3.8) is 0 Å². The van der Waals surface area contributed by atoms with Gasteiger partial charge in [0.05, 0.1) is 0 Å². The number of rotatable bonds is 4. The Bertz CT molecular complexity index is 597. The van der Waals surface area contributed by atoms with Crippen LogP contribution in [-0.2, 0) is 4.79 Å². The Balaban J connectivity index is 0.000000403. The molecule has 4 aliphatic rings. The molecular formula is C27H44O. The maximum absolute atomic E-state index is 11.8. The van der Waals surface area contributed by atoms with Gasteiger partial charge >= 0.3 is 0 Å². The standard InChI is InChI=1S/C22H32O.C5H12/c1-3-4-12-22-13-11-19-18-9-7-17(23)14-16(18)6-8-20(19)21(22)10-5-15(22)2;1-4-5(2)3/h6,8,14-15,18-21H,3-5,7,9-13H2,1-2H3;5H,4H2,1-3H3. The maximum atomic E-state index is 11.8. The molecule has 0 amide bonds. The quantitative estimate of drug-likeness (QED) is 0.484. The van der Waals surface area contributed by atoms with Crippen LogP contribution >= 0.6 is 0 Å². The van der Waals surface area contributed by atoms with Gasteiger partial charge in [0.25, 0.3) is 0 Å². The van der Waals surface area contributed by atoms with Crippen LogP contribution in [0.4, 0.5) is 0 Å². The molecule has 2 fully saturated rings. The van der Waals surface area contributed by atoms with E-state index >= 15 is 0 Å². The minimum atomic E-state index is 0.349. The first kappa shape index (κ1) is 21.8. The molecule has 4 aliphatic carbocycles. The molecule has 1 heteroatoms. The maximum Gasteiger partial charge on any atom is 0.155 e. The second-order valence-corrected chi connectivity index (χ2v) is 10.6. The molecule has 0 radical (unpaired) electrons. The molecule has 6 atom stereocenters. The summed E-state index contributed by atoms with van der Waals surface area (Å²) >= 11 is 0. The van der Waals surface area contributed by atoms with E-state index in [0.29, 0.717) is 17.1 Å². The minimum Gasteiger partial charge on any atom is -0.295 e. The van der Waals surface area contributed by atoms with Crippen molar-refractivity contribution < 1.29 is 4.79 Å². The van der Waals surface area contributed by atoms with Crippen LogP contribution in [0.25, 0.3) is 0 Å².